The Balaban J connectivity index is 2.16. The molecule has 0 bridgehead atoms. The van der Waals surface area contributed by atoms with Crippen LogP contribution >= 0.6 is 0 Å². The molecule has 3 aromatic rings. The van der Waals surface area contributed by atoms with Crippen molar-refractivity contribution < 1.29 is 0 Å². The summed E-state index contributed by atoms with van der Waals surface area (Å²) in [5.74, 6) is 0. The third-order valence-electron chi connectivity index (χ3n) is 3.08. The lowest BCUT2D eigenvalue weighted by molar-refractivity contribution is 0.795. The largest absolute Gasteiger partial charge is 0.304 e. The predicted octanol–water partition coefficient (Wildman–Crippen LogP) is 3.05. The molecular formula is C16H13NO. The van der Waals surface area contributed by atoms with Crippen LogP contribution < -0.4 is 5.56 Å². The minimum Gasteiger partial charge on any atom is -0.304 e. The van der Waals surface area contributed by atoms with Crippen molar-refractivity contribution in [3.8, 4) is 0 Å². The van der Waals surface area contributed by atoms with Gasteiger partial charge in [-0.05, 0) is 23.1 Å². The first-order valence-corrected chi connectivity index (χ1v) is 5.97. The van der Waals surface area contributed by atoms with Gasteiger partial charge in [-0.1, -0.05) is 48.5 Å². The molecule has 0 fully saturated rings. The van der Waals surface area contributed by atoms with Gasteiger partial charge in [0.15, 0.2) is 0 Å². The molecule has 2 heteroatoms. The van der Waals surface area contributed by atoms with E-state index < -0.39 is 0 Å². The maximum atomic E-state index is 12.0. The Bertz CT molecular complexity index is 729. The molecule has 0 amide bonds. The summed E-state index contributed by atoms with van der Waals surface area (Å²) in [5.41, 5.74) is 2.15. The monoisotopic (exact) mass is 235 g/mol. The second kappa shape index (κ2) is 4.49. The Morgan fingerprint density at radius 3 is 2.33 bits per heavy atom. The van der Waals surface area contributed by atoms with Crippen molar-refractivity contribution in [2.75, 3.05) is 0 Å². The van der Waals surface area contributed by atoms with Crippen LogP contribution in [0.3, 0.4) is 0 Å². The van der Waals surface area contributed by atoms with E-state index in [-0.39, 0.29) is 5.56 Å². The Kier molecular flexibility index (Phi) is 2.69. The highest BCUT2D eigenvalue weighted by atomic mass is 16.1. The fraction of sp³-hybridized carbons (Fsp3) is 0.0625. The average molecular weight is 235 g/mol. The molecule has 0 aliphatic rings. The minimum absolute atomic E-state index is 0.0394. The summed E-state index contributed by atoms with van der Waals surface area (Å²) in [7, 11) is 0. The van der Waals surface area contributed by atoms with E-state index in [0.717, 1.165) is 16.5 Å². The Hall–Kier alpha value is -2.35. The van der Waals surface area contributed by atoms with E-state index in [1.807, 2.05) is 65.2 Å². The fourth-order valence-corrected chi connectivity index (χ4v) is 2.17. The molecule has 1 aromatic heterocycles. The molecule has 0 N–H and O–H groups in total. The summed E-state index contributed by atoms with van der Waals surface area (Å²) in [6.45, 7) is 0.612. The molecule has 0 spiro atoms. The molecule has 0 aliphatic heterocycles. The fourth-order valence-electron chi connectivity index (χ4n) is 2.17. The highest BCUT2D eigenvalue weighted by Crippen LogP contribution is 2.12. The summed E-state index contributed by atoms with van der Waals surface area (Å²) in [4.78, 5) is 12.0. The minimum atomic E-state index is 0.0394. The zero-order chi connectivity index (χ0) is 12.4. The van der Waals surface area contributed by atoms with Gasteiger partial charge in [-0.15, -0.1) is 0 Å². The van der Waals surface area contributed by atoms with Gasteiger partial charge in [-0.2, -0.15) is 0 Å². The van der Waals surface area contributed by atoms with Gasteiger partial charge in [0.25, 0.3) is 5.56 Å². The Labute approximate surface area is 105 Å². The molecule has 18 heavy (non-hydrogen) atoms. The molecule has 0 radical (unpaired) electrons. The number of hydrogen-bond acceptors (Lipinski definition) is 1. The topological polar surface area (TPSA) is 22.0 Å². The molecule has 3 rings (SSSR count). The van der Waals surface area contributed by atoms with Crippen molar-refractivity contribution in [3.05, 3.63) is 82.6 Å². The average Bonchev–Trinajstić information content (AvgIpc) is 2.43. The van der Waals surface area contributed by atoms with Crippen LogP contribution in [0, 0.1) is 0 Å². The van der Waals surface area contributed by atoms with Gasteiger partial charge in [0.05, 0.1) is 12.1 Å². The van der Waals surface area contributed by atoms with E-state index in [4.69, 9.17) is 0 Å². The van der Waals surface area contributed by atoms with E-state index in [9.17, 15) is 4.79 Å². The van der Waals surface area contributed by atoms with Gasteiger partial charge in [-0.3, -0.25) is 4.79 Å². The number of para-hydroxylation sites is 1. The summed E-state index contributed by atoms with van der Waals surface area (Å²) in [5, 5.41) is 1.09. The van der Waals surface area contributed by atoms with Crippen LogP contribution in [0.5, 0.6) is 0 Å². The van der Waals surface area contributed by atoms with Crippen LogP contribution in [-0.4, -0.2) is 4.57 Å². The van der Waals surface area contributed by atoms with Crippen LogP contribution in [0.4, 0.5) is 0 Å². The van der Waals surface area contributed by atoms with E-state index in [1.54, 1.807) is 6.07 Å². The normalized spacial score (nSPS) is 10.7. The van der Waals surface area contributed by atoms with Gasteiger partial charge in [-0.25, -0.2) is 0 Å². The molecule has 1 heterocycles. The standard InChI is InChI=1S/C16H13NO/c18-16-11-10-14-8-4-5-9-15(14)17(16)12-13-6-2-1-3-7-13/h1-11H,12H2. The summed E-state index contributed by atoms with van der Waals surface area (Å²) < 4.78 is 1.81. The molecular weight excluding hydrogens is 222 g/mol. The van der Waals surface area contributed by atoms with Crippen LogP contribution in [0.1, 0.15) is 5.56 Å². The summed E-state index contributed by atoms with van der Waals surface area (Å²) in [6, 6.07) is 21.5. The third kappa shape index (κ3) is 1.93. The van der Waals surface area contributed by atoms with E-state index >= 15 is 0 Å². The van der Waals surface area contributed by atoms with Crippen LogP contribution in [0.2, 0.25) is 0 Å². The molecule has 0 aliphatic carbocycles. The number of rotatable bonds is 2. The maximum absolute atomic E-state index is 12.0. The van der Waals surface area contributed by atoms with Crippen molar-refractivity contribution in [1.82, 2.24) is 4.57 Å². The SMILES string of the molecule is O=c1ccc2ccccc2n1Cc1ccccc1. The molecule has 0 saturated carbocycles. The van der Waals surface area contributed by atoms with Crippen molar-refractivity contribution in [1.29, 1.82) is 0 Å². The van der Waals surface area contributed by atoms with Gasteiger partial charge < -0.3 is 4.57 Å². The smallest absolute Gasteiger partial charge is 0.251 e. The van der Waals surface area contributed by atoms with E-state index in [2.05, 4.69) is 0 Å². The highest BCUT2D eigenvalue weighted by Gasteiger charge is 2.02. The quantitative estimate of drug-likeness (QED) is 0.669. The summed E-state index contributed by atoms with van der Waals surface area (Å²) in [6.07, 6.45) is 0. The molecule has 2 aromatic carbocycles. The van der Waals surface area contributed by atoms with Crippen LogP contribution in [0.25, 0.3) is 10.9 Å². The maximum Gasteiger partial charge on any atom is 0.251 e. The van der Waals surface area contributed by atoms with Crippen molar-refractivity contribution in [2.24, 2.45) is 0 Å². The highest BCUT2D eigenvalue weighted by molar-refractivity contribution is 5.78. The van der Waals surface area contributed by atoms with Crippen LogP contribution in [0.15, 0.2) is 71.5 Å². The first kappa shape index (κ1) is 10.8. The van der Waals surface area contributed by atoms with Crippen molar-refractivity contribution >= 4 is 10.9 Å². The number of nitrogens with zero attached hydrogens (tertiary/aromatic N) is 1. The number of fused-ring (bicyclic) bond motifs is 1. The number of hydrogen-bond donors (Lipinski definition) is 0. The Morgan fingerprint density at radius 1 is 0.778 bits per heavy atom. The summed E-state index contributed by atoms with van der Waals surface area (Å²) >= 11 is 0. The zero-order valence-corrected chi connectivity index (χ0v) is 9.91. The number of aromatic nitrogens is 1. The van der Waals surface area contributed by atoms with Crippen LogP contribution in [-0.2, 0) is 6.54 Å². The van der Waals surface area contributed by atoms with Gasteiger partial charge in [0.2, 0.25) is 0 Å². The molecule has 0 atom stereocenters. The van der Waals surface area contributed by atoms with Crippen molar-refractivity contribution in [2.45, 2.75) is 6.54 Å². The zero-order valence-electron chi connectivity index (χ0n) is 9.91. The van der Waals surface area contributed by atoms with Gasteiger partial charge in [0.1, 0.15) is 0 Å². The lowest BCUT2D eigenvalue weighted by Gasteiger charge is -2.09. The first-order chi connectivity index (χ1) is 8.84. The van der Waals surface area contributed by atoms with Gasteiger partial charge in [0, 0.05) is 6.07 Å². The number of benzene rings is 2. The number of pyridine rings is 1. The molecule has 2 nitrogen and oxygen atoms in total. The lowest BCUT2D eigenvalue weighted by atomic mass is 10.2. The van der Waals surface area contributed by atoms with E-state index in [0.29, 0.717) is 6.54 Å². The molecule has 0 unspecified atom stereocenters. The van der Waals surface area contributed by atoms with E-state index in [1.165, 1.54) is 0 Å². The lowest BCUT2D eigenvalue weighted by Crippen LogP contribution is -2.19. The second-order valence-electron chi connectivity index (χ2n) is 4.30. The van der Waals surface area contributed by atoms with Crippen molar-refractivity contribution in [3.63, 3.8) is 0 Å². The third-order valence-corrected chi connectivity index (χ3v) is 3.08. The molecule has 0 saturated heterocycles. The molecule has 88 valence electrons. The van der Waals surface area contributed by atoms with Gasteiger partial charge >= 0.3 is 0 Å². The predicted molar refractivity (Wildman–Crippen MR) is 73.8 cm³/mol. The first-order valence-electron chi connectivity index (χ1n) is 5.97. The second-order valence-corrected chi connectivity index (χ2v) is 4.30. The Morgan fingerprint density at radius 2 is 1.50 bits per heavy atom.